The molecule has 0 fully saturated rings. The molecule has 2 N–H and O–H groups in total. The summed E-state index contributed by atoms with van der Waals surface area (Å²) in [6, 6.07) is 1.88. The predicted molar refractivity (Wildman–Crippen MR) is 170 cm³/mol. The van der Waals surface area contributed by atoms with E-state index in [2.05, 4.69) is 41.3 Å². The van der Waals surface area contributed by atoms with Crippen LogP contribution in [0.25, 0.3) is 5.65 Å². The standard InChI is InChI=1S/C30H33BClN5O4S/c1-7-9-12-23(30(38)41-6)21(5)42(39,40)36-22(8-2)15-14-19(3)17-33-27-16-26(28-20(4)11-10-13-25(28)32)35-29-24(31)18-34-37(27)29/h7-16,18,20,28,33,36H,1,3,17H2,2,4-6H3/b12-9-,15-14-,22-8+,23-21-. The predicted octanol–water partition coefficient (Wildman–Crippen LogP) is 4.47. The van der Waals surface area contributed by atoms with Gasteiger partial charge in [-0.1, -0.05) is 68.1 Å². The van der Waals surface area contributed by atoms with Gasteiger partial charge in [0, 0.05) is 35.5 Å². The number of sulfonamides is 1. The van der Waals surface area contributed by atoms with Gasteiger partial charge >= 0.3 is 5.97 Å². The molecular weight excluding hydrogens is 573 g/mol. The molecule has 1 aliphatic carbocycles. The fourth-order valence-corrected chi connectivity index (χ4v) is 5.60. The molecule has 42 heavy (non-hydrogen) atoms. The number of hydrogen-bond donors (Lipinski definition) is 2. The average Bonchev–Trinajstić information content (AvgIpc) is 3.34. The fourth-order valence-electron chi connectivity index (χ4n) is 4.12. The molecule has 0 saturated carbocycles. The first-order chi connectivity index (χ1) is 19.9. The van der Waals surface area contributed by atoms with Crippen molar-refractivity contribution in [3.8, 4) is 0 Å². The Hall–Kier alpha value is -4.09. The third-order valence-corrected chi connectivity index (χ3v) is 8.37. The lowest BCUT2D eigenvalue weighted by molar-refractivity contribution is -0.135. The first-order valence-electron chi connectivity index (χ1n) is 13.0. The number of fused-ring (bicyclic) bond motifs is 1. The normalized spacial score (nSPS) is 18.2. The minimum Gasteiger partial charge on any atom is -0.465 e. The second-order valence-corrected chi connectivity index (χ2v) is 11.7. The molecule has 3 rings (SSSR count). The SMILES string of the molecule is [B]c1cnn2c(NCC(=C)/C=C\C(=C/C)NS(=O)(=O)/C(C)=C(/C=C\C=C)C(=O)OC)cc(C3C(Cl)=CC=CC3C)nc12. The number of esters is 1. The van der Waals surface area contributed by atoms with Crippen molar-refractivity contribution >= 4 is 52.4 Å². The van der Waals surface area contributed by atoms with Gasteiger partial charge in [-0.15, -0.1) is 0 Å². The second-order valence-electron chi connectivity index (χ2n) is 9.43. The summed E-state index contributed by atoms with van der Waals surface area (Å²) in [5, 5.41) is 8.33. The van der Waals surface area contributed by atoms with Crippen LogP contribution >= 0.6 is 11.6 Å². The fraction of sp³-hybridized carbons (Fsp3) is 0.233. The highest BCUT2D eigenvalue weighted by molar-refractivity contribution is 7.93. The van der Waals surface area contributed by atoms with E-state index < -0.39 is 16.0 Å². The molecule has 2 aromatic rings. The molecule has 2 aromatic heterocycles. The van der Waals surface area contributed by atoms with Crippen molar-refractivity contribution in [2.45, 2.75) is 26.7 Å². The van der Waals surface area contributed by atoms with Crippen molar-refractivity contribution in [3.63, 3.8) is 0 Å². The summed E-state index contributed by atoms with van der Waals surface area (Å²) in [6.45, 7) is 13.0. The van der Waals surface area contributed by atoms with Crippen molar-refractivity contribution < 1.29 is 17.9 Å². The number of halogens is 1. The van der Waals surface area contributed by atoms with Crippen LogP contribution in [0, 0.1) is 5.92 Å². The maximum atomic E-state index is 13.0. The Bertz CT molecular complexity index is 1680. The molecule has 0 aromatic carbocycles. The zero-order valence-corrected chi connectivity index (χ0v) is 25.5. The van der Waals surface area contributed by atoms with Crippen molar-refractivity contribution in [1.29, 1.82) is 0 Å². The molecule has 218 valence electrons. The lowest BCUT2D eigenvalue weighted by Crippen LogP contribution is -2.25. The summed E-state index contributed by atoms with van der Waals surface area (Å²) in [7, 11) is 3.24. The van der Waals surface area contributed by atoms with E-state index in [0.29, 0.717) is 34.1 Å². The van der Waals surface area contributed by atoms with Crippen LogP contribution in [0.5, 0.6) is 0 Å². The number of ether oxygens (including phenoxy) is 1. The van der Waals surface area contributed by atoms with Crippen LogP contribution in [0.2, 0.25) is 0 Å². The number of carbonyl (C=O) groups excluding carboxylic acids is 1. The summed E-state index contributed by atoms with van der Waals surface area (Å²) >= 11 is 6.55. The van der Waals surface area contributed by atoms with Crippen LogP contribution < -0.4 is 15.5 Å². The number of carbonyl (C=O) groups is 1. The third kappa shape index (κ3) is 7.60. The van der Waals surface area contributed by atoms with E-state index >= 15 is 0 Å². The van der Waals surface area contributed by atoms with E-state index in [1.165, 1.54) is 38.5 Å². The topological polar surface area (TPSA) is 115 Å². The molecule has 0 spiro atoms. The highest BCUT2D eigenvalue weighted by Gasteiger charge is 2.26. The molecular formula is C30H33BClN5O4S. The van der Waals surface area contributed by atoms with E-state index in [1.807, 2.05) is 18.2 Å². The Kier molecular flexibility index (Phi) is 11.0. The van der Waals surface area contributed by atoms with Crippen LogP contribution in [0.1, 0.15) is 32.4 Å². The monoisotopic (exact) mass is 605 g/mol. The van der Waals surface area contributed by atoms with Crippen LogP contribution in [0.15, 0.2) is 107 Å². The number of methoxy groups -OCH3 is 1. The van der Waals surface area contributed by atoms with Gasteiger partial charge in [0.15, 0.2) is 5.65 Å². The molecule has 9 nitrogen and oxygen atoms in total. The van der Waals surface area contributed by atoms with Crippen LogP contribution in [-0.4, -0.2) is 50.5 Å². The Morgan fingerprint density at radius 1 is 1.31 bits per heavy atom. The maximum absolute atomic E-state index is 13.0. The number of nitrogens with zero attached hydrogens (tertiary/aromatic N) is 3. The Labute approximate surface area is 253 Å². The summed E-state index contributed by atoms with van der Waals surface area (Å²) in [5.74, 6) is -0.138. The number of aromatic nitrogens is 3. The Morgan fingerprint density at radius 2 is 2.05 bits per heavy atom. The van der Waals surface area contributed by atoms with Gasteiger partial charge in [0.05, 0.1) is 23.3 Å². The van der Waals surface area contributed by atoms with Gasteiger partial charge in [-0.05, 0) is 49.0 Å². The maximum Gasteiger partial charge on any atom is 0.338 e. The molecule has 2 unspecified atom stereocenters. The molecule has 12 heteroatoms. The summed E-state index contributed by atoms with van der Waals surface area (Å²) in [4.78, 5) is 16.7. The van der Waals surface area contributed by atoms with Crippen molar-refractivity contribution in [1.82, 2.24) is 19.3 Å². The average molecular weight is 606 g/mol. The highest BCUT2D eigenvalue weighted by Crippen LogP contribution is 2.37. The minimum atomic E-state index is -4.08. The lowest BCUT2D eigenvalue weighted by atomic mass is 9.86. The zero-order chi connectivity index (χ0) is 31.0. The molecule has 2 atom stereocenters. The van der Waals surface area contributed by atoms with Gasteiger partial charge in [0.25, 0.3) is 10.0 Å². The molecule has 2 radical (unpaired) electrons. The highest BCUT2D eigenvalue weighted by atomic mass is 35.5. The largest absolute Gasteiger partial charge is 0.465 e. The lowest BCUT2D eigenvalue weighted by Gasteiger charge is -2.24. The van der Waals surface area contributed by atoms with Gasteiger partial charge in [-0.2, -0.15) is 9.61 Å². The summed E-state index contributed by atoms with van der Waals surface area (Å²) in [5.41, 5.74) is 2.49. The Morgan fingerprint density at radius 3 is 2.69 bits per heavy atom. The zero-order valence-electron chi connectivity index (χ0n) is 24.0. The molecule has 0 bridgehead atoms. The van der Waals surface area contributed by atoms with Crippen molar-refractivity contribution in [2.24, 2.45) is 5.92 Å². The van der Waals surface area contributed by atoms with Gasteiger partial charge in [-0.25, -0.2) is 18.2 Å². The van der Waals surface area contributed by atoms with Gasteiger partial charge in [-0.3, -0.25) is 4.72 Å². The smallest absolute Gasteiger partial charge is 0.338 e. The minimum absolute atomic E-state index is 0.115. The van der Waals surface area contributed by atoms with Crippen molar-refractivity contribution in [3.05, 3.63) is 113 Å². The number of anilines is 1. The van der Waals surface area contributed by atoms with E-state index in [1.54, 1.807) is 29.7 Å². The van der Waals surface area contributed by atoms with E-state index in [0.717, 1.165) is 5.69 Å². The number of rotatable bonds is 12. The van der Waals surface area contributed by atoms with E-state index in [-0.39, 0.29) is 28.0 Å². The number of allylic oxidation sites excluding steroid dienone is 9. The number of hydrogen-bond acceptors (Lipinski definition) is 7. The van der Waals surface area contributed by atoms with Crippen LogP contribution in [0.3, 0.4) is 0 Å². The van der Waals surface area contributed by atoms with E-state index in [4.69, 9.17) is 29.2 Å². The van der Waals surface area contributed by atoms with Gasteiger partial charge in [0.2, 0.25) is 0 Å². The van der Waals surface area contributed by atoms with Crippen LogP contribution in [0.4, 0.5) is 5.82 Å². The third-order valence-electron chi connectivity index (χ3n) is 6.48. The summed E-state index contributed by atoms with van der Waals surface area (Å²) in [6.07, 6.45) is 16.4. The molecule has 0 amide bonds. The molecule has 0 saturated heterocycles. The first-order valence-corrected chi connectivity index (χ1v) is 14.8. The summed E-state index contributed by atoms with van der Waals surface area (Å²) < 4.78 is 34.9. The van der Waals surface area contributed by atoms with Gasteiger partial charge in [0.1, 0.15) is 13.7 Å². The van der Waals surface area contributed by atoms with E-state index in [9.17, 15) is 13.2 Å². The molecule has 0 aliphatic heterocycles. The quantitative estimate of drug-likeness (QED) is 0.159. The van der Waals surface area contributed by atoms with Crippen molar-refractivity contribution in [2.75, 3.05) is 19.0 Å². The molecule has 1 aliphatic rings. The number of nitrogens with one attached hydrogen (secondary N) is 2. The van der Waals surface area contributed by atoms with Gasteiger partial charge < -0.3 is 10.1 Å². The van der Waals surface area contributed by atoms with Crippen LogP contribution in [-0.2, 0) is 19.6 Å². The molecule has 2 heterocycles. The first kappa shape index (κ1) is 32.4. The second kappa shape index (κ2) is 14.2. The Balaban J connectivity index is 1.79.